The summed E-state index contributed by atoms with van der Waals surface area (Å²) in [6.45, 7) is 5.07. The molecule has 41 heavy (non-hydrogen) atoms. The van der Waals surface area contributed by atoms with Crippen LogP contribution in [0.2, 0.25) is 0 Å². The maximum absolute atomic E-state index is 12.8. The van der Waals surface area contributed by atoms with Crippen LogP contribution in [0, 0.1) is 5.92 Å². The summed E-state index contributed by atoms with van der Waals surface area (Å²) in [5.74, 6) is 0.322. The van der Waals surface area contributed by atoms with Gasteiger partial charge in [0.2, 0.25) is 0 Å². The molecule has 4 nitrogen and oxygen atoms in total. The highest BCUT2D eigenvalue weighted by atomic mass is 32.2. The molecule has 0 aliphatic carbocycles. The Morgan fingerprint density at radius 1 is 0.561 bits per heavy atom. The summed E-state index contributed by atoms with van der Waals surface area (Å²) >= 11 is 1.58. The van der Waals surface area contributed by atoms with Gasteiger partial charge < -0.3 is 9.84 Å². The van der Waals surface area contributed by atoms with E-state index < -0.39 is 5.97 Å². The highest BCUT2D eigenvalue weighted by Gasteiger charge is 2.20. The van der Waals surface area contributed by atoms with Gasteiger partial charge in [0.1, 0.15) is 0 Å². The quantitative estimate of drug-likeness (QED) is 0.0589. The summed E-state index contributed by atoms with van der Waals surface area (Å²) in [7, 11) is 0. The Bertz CT molecular complexity index is 554. The number of carbonyl (C=O) groups excluding carboxylic acids is 1. The Kier molecular flexibility index (Phi) is 33.2. The van der Waals surface area contributed by atoms with Crippen molar-refractivity contribution < 1.29 is 19.4 Å². The van der Waals surface area contributed by atoms with E-state index in [-0.39, 0.29) is 18.3 Å². The van der Waals surface area contributed by atoms with Crippen molar-refractivity contribution in [3.63, 3.8) is 0 Å². The van der Waals surface area contributed by atoms with Crippen molar-refractivity contribution in [2.75, 3.05) is 18.1 Å². The molecule has 244 valence electrons. The van der Waals surface area contributed by atoms with E-state index in [9.17, 15) is 9.59 Å². The van der Waals surface area contributed by atoms with Gasteiger partial charge in [-0.05, 0) is 12.8 Å². The van der Waals surface area contributed by atoms with E-state index in [4.69, 9.17) is 9.84 Å². The van der Waals surface area contributed by atoms with Gasteiger partial charge in [-0.1, -0.05) is 174 Å². The Labute approximate surface area is 260 Å². The van der Waals surface area contributed by atoms with Gasteiger partial charge in [0.25, 0.3) is 0 Å². The number of carbonyl (C=O) groups is 2. The van der Waals surface area contributed by atoms with Crippen LogP contribution in [0.25, 0.3) is 0 Å². The molecule has 5 heteroatoms. The second-order valence-electron chi connectivity index (χ2n) is 12.4. The first-order chi connectivity index (χ1) is 20.1. The van der Waals surface area contributed by atoms with E-state index in [1.54, 1.807) is 11.8 Å². The SMILES string of the molecule is CCCCCCCCCCCCCCCCCCC(CSCCC(=O)O)C(=O)OCCCCCCCCCCCC. The normalized spacial score (nSPS) is 12.0. The van der Waals surface area contributed by atoms with E-state index in [2.05, 4.69) is 13.8 Å². The second-order valence-corrected chi connectivity index (χ2v) is 13.5. The monoisotopic (exact) mass is 598 g/mol. The third-order valence-corrected chi connectivity index (χ3v) is 9.39. The molecular formula is C36H70O4S. The molecule has 0 aromatic heterocycles. The lowest BCUT2D eigenvalue weighted by atomic mass is 10.0. The molecule has 0 saturated heterocycles. The van der Waals surface area contributed by atoms with Crippen molar-refractivity contribution in [1.29, 1.82) is 0 Å². The summed E-state index contributed by atoms with van der Waals surface area (Å²) in [6, 6.07) is 0. The fraction of sp³-hybridized carbons (Fsp3) is 0.944. The molecule has 0 aromatic rings. The number of unbranched alkanes of at least 4 members (excludes halogenated alkanes) is 24. The van der Waals surface area contributed by atoms with Gasteiger partial charge in [-0.25, -0.2) is 0 Å². The van der Waals surface area contributed by atoms with Gasteiger partial charge in [0, 0.05) is 11.5 Å². The maximum Gasteiger partial charge on any atom is 0.309 e. The van der Waals surface area contributed by atoms with Gasteiger partial charge in [0.15, 0.2) is 0 Å². The van der Waals surface area contributed by atoms with Crippen LogP contribution in [0.5, 0.6) is 0 Å². The highest BCUT2D eigenvalue weighted by molar-refractivity contribution is 7.99. The van der Waals surface area contributed by atoms with E-state index in [1.165, 1.54) is 148 Å². The number of ether oxygens (including phenoxy) is 1. The Balaban J connectivity index is 3.85. The van der Waals surface area contributed by atoms with Gasteiger partial charge in [-0.2, -0.15) is 11.8 Å². The Morgan fingerprint density at radius 2 is 0.927 bits per heavy atom. The number of esters is 1. The smallest absolute Gasteiger partial charge is 0.309 e. The van der Waals surface area contributed by atoms with Crippen molar-refractivity contribution >= 4 is 23.7 Å². The topological polar surface area (TPSA) is 63.6 Å². The summed E-state index contributed by atoms with van der Waals surface area (Å²) < 4.78 is 5.67. The largest absolute Gasteiger partial charge is 0.481 e. The first kappa shape index (κ1) is 40.3. The lowest BCUT2D eigenvalue weighted by molar-refractivity contribution is -0.148. The zero-order valence-corrected chi connectivity index (χ0v) is 28.4. The number of carboxylic acid groups (broad SMARTS) is 1. The van der Waals surface area contributed by atoms with Crippen molar-refractivity contribution in [3.05, 3.63) is 0 Å². The second kappa shape index (κ2) is 33.8. The number of aliphatic carboxylic acids is 1. The molecule has 0 heterocycles. The van der Waals surface area contributed by atoms with Crippen LogP contribution in [0.3, 0.4) is 0 Å². The summed E-state index contributed by atoms with van der Waals surface area (Å²) in [5.41, 5.74) is 0. The van der Waals surface area contributed by atoms with Crippen molar-refractivity contribution in [3.8, 4) is 0 Å². The van der Waals surface area contributed by atoms with E-state index >= 15 is 0 Å². The number of hydrogen-bond acceptors (Lipinski definition) is 4. The molecule has 0 radical (unpaired) electrons. The molecule has 1 atom stereocenters. The third kappa shape index (κ3) is 32.0. The van der Waals surface area contributed by atoms with Crippen LogP contribution in [-0.4, -0.2) is 35.2 Å². The number of rotatable bonds is 34. The van der Waals surface area contributed by atoms with Crippen LogP contribution < -0.4 is 0 Å². The molecule has 0 spiro atoms. The van der Waals surface area contributed by atoms with Crippen LogP contribution in [0.1, 0.15) is 194 Å². The zero-order valence-electron chi connectivity index (χ0n) is 27.6. The number of hydrogen-bond donors (Lipinski definition) is 1. The molecule has 0 amide bonds. The van der Waals surface area contributed by atoms with Crippen molar-refractivity contribution in [1.82, 2.24) is 0 Å². The summed E-state index contributed by atoms with van der Waals surface area (Å²) in [6.07, 6.45) is 35.3. The van der Waals surface area contributed by atoms with Crippen molar-refractivity contribution in [2.45, 2.75) is 194 Å². The summed E-state index contributed by atoms with van der Waals surface area (Å²) in [4.78, 5) is 23.6. The minimum atomic E-state index is -0.768. The molecule has 0 rings (SSSR count). The molecule has 1 N–H and O–H groups in total. The highest BCUT2D eigenvalue weighted by Crippen LogP contribution is 2.20. The molecule has 0 saturated carbocycles. The predicted octanol–water partition coefficient (Wildman–Crippen LogP) is 11.9. The molecule has 0 aliphatic heterocycles. The molecule has 0 aliphatic rings. The van der Waals surface area contributed by atoms with Gasteiger partial charge in [0.05, 0.1) is 18.9 Å². The lowest BCUT2D eigenvalue weighted by Crippen LogP contribution is -2.21. The fourth-order valence-corrected chi connectivity index (χ4v) is 6.55. The first-order valence-electron chi connectivity index (χ1n) is 18.1. The van der Waals surface area contributed by atoms with Crippen LogP contribution >= 0.6 is 11.8 Å². The van der Waals surface area contributed by atoms with Gasteiger partial charge >= 0.3 is 11.9 Å². The number of carboxylic acids is 1. The van der Waals surface area contributed by atoms with E-state index in [0.29, 0.717) is 18.1 Å². The van der Waals surface area contributed by atoms with E-state index in [0.717, 1.165) is 25.7 Å². The molecule has 1 unspecified atom stereocenters. The lowest BCUT2D eigenvalue weighted by Gasteiger charge is -2.16. The first-order valence-corrected chi connectivity index (χ1v) is 19.2. The number of thioether (sulfide) groups is 1. The van der Waals surface area contributed by atoms with Crippen LogP contribution in [0.15, 0.2) is 0 Å². The van der Waals surface area contributed by atoms with Gasteiger partial charge in [-0.3, -0.25) is 9.59 Å². The molecule has 0 aromatic carbocycles. The Morgan fingerprint density at radius 3 is 1.32 bits per heavy atom. The molecule has 0 bridgehead atoms. The van der Waals surface area contributed by atoms with Gasteiger partial charge in [-0.15, -0.1) is 0 Å². The van der Waals surface area contributed by atoms with E-state index in [1.807, 2.05) is 0 Å². The minimum absolute atomic E-state index is 0.0651. The molecular weight excluding hydrogens is 528 g/mol. The maximum atomic E-state index is 12.8. The van der Waals surface area contributed by atoms with Crippen LogP contribution in [0.4, 0.5) is 0 Å². The fourth-order valence-electron chi connectivity index (χ4n) is 5.47. The van der Waals surface area contributed by atoms with Crippen LogP contribution in [-0.2, 0) is 14.3 Å². The van der Waals surface area contributed by atoms with Crippen molar-refractivity contribution in [2.24, 2.45) is 5.92 Å². The average molecular weight is 599 g/mol. The predicted molar refractivity (Wildman–Crippen MR) is 180 cm³/mol. The third-order valence-electron chi connectivity index (χ3n) is 8.26. The zero-order chi connectivity index (χ0) is 30.1. The average Bonchev–Trinajstić information content (AvgIpc) is 2.96. The standard InChI is InChI=1S/C36H70O4S/c1-3-5-7-9-11-13-15-16-17-18-19-20-21-23-25-27-29-34(33-41-32-30-35(37)38)36(39)40-31-28-26-24-22-14-12-10-8-6-4-2/h34H,3-33H2,1-2H3,(H,37,38). The molecule has 0 fully saturated rings. The summed E-state index contributed by atoms with van der Waals surface area (Å²) in [5, 5.41) is 8.91. The Hall–Kier alpha value is -0.710. The minimum Gasteiger partial charge on any atom is -0.481 e.